The number of rotatable bonds is 8. The van der Waals surface area contributed by atoms with Crippen molar-refractivity contribution in [2.24, 2.45) is 0 Å². The van der Waals surface area contributed by atoms with Crippen LogP contribution in [0.2, 0.25) is 0 Å². The molecule has 0 unspecified atom stereocenters. The second-order valence-electron chi connectivity index (χ2n) is 18.7. The van der Waals surface area contributed by atoms with Gasteiger partial charge >= 0.3 is 0 Å². The number of benzene rings is 8. The highest BCUT2D eigenvalue weighted by Gasteiger charge is 2.27. The molecule has 4 aromatic heterocycles. The van der Waals surface area contributed by atoms with Crippen LogP contribution in [0.15, 0.2) is 181 Å². The molecule has 1 aliphatic carbocycles. The molecule has 8 aromatic carbocycles. The lowest BCUT2D eigenvalue weighted by Gasteiger charge is -2.30. The molecule has 1 aliphatic rings. The fourth-order valence-corrected chi connectivity index (χ4v) is 11.2. The van der Waals surface area contributed by atoms with Gasteiger partial charge in [-0.3, -0.25) is 0 Å². The Morgan fingerprint density at radius 3 is 1.33 bits per heavy atom. The molecule has 4 nitrogen and oxygen atoms in total. The lowest BCUT2D eigenvalue weighted by molar-refractivity contribution is 0.580. The highest BCUT2D eigenvalue weighted by molar-refractivity contribution is 6.31. The monoisotopic (exact) mass is 860 g/mol. The number of hydrogen-bond acceptors (Lipinski definition) is 2. The molecule has 0 amide bonds. The Morgan fingerprint density at radius 2 is 0.864 bits per heavy atom. The van der Waals surface area contributed by atoms with E-state index >= 15 is 0 Å². The summed E-state index contributed by atoms with van der Waals surface area (Å²) < 4.78 is 33.9. The molecular formula is C60H46F2N4. The number of anilines is 5. The summed E-state index contributed by atoms with van der Waals surface area (Å²) in [6.45, 7) is 8.86. The number of aromatic nitrogens is 2. The standard InChI is InChI=1S/C60H46F2N4/c1-35(2)37-17-25-41(26-18-37)63(43-29-21-39(61)22-30-43)51-13-7-15-53-57(51)47-11-5-9-45-49-34-56-50(33-55(49)65(53)59(45)47)46-10-6-12-48-58-52(14-8-16-54(58)66(56)60(46)48)64(44-31-23-40(62)24-32-44)42-27-19-38(20-28-42)36(3)4/h5-23,25-31,33-36H,24,32H2,1-4H3. The topological polar surface area (TPSA) is 15.3 Å². The van der Waals surface area contributed by atoms with Crippen molar-refractivity contribution in [3.8, 4) is 0 Å². The minimum Gasteiger partial charge on any atom is -0.314 e. The summed E-state index contributed by atoms with van der Waals surface area (Å²) in [4.78, 5) is 4.62. The van der Waals surface area contributed by atoms with Gasteiger partial charge in [0.25, 0.3) is 0 Å². The zero-order valence-electron chi connectivity index (χ0n) is 37.3. The SMILES string of the molecule is CC(C)c1ccc(N(C2=CC=C(F)CC2)c2cccc3c2c2cccc4c5cc6c(cc5n3c42)c2cccc3c4c(N(c5ccc(F)cc5)c5ccc(C(C)C)cc5)cccc4n6c23)cc1. The smallest absolute Gasteiger partial charge is 0.123 e. The van der Waals surface area contributed by atoms with E-state index in [4.69, 9.17) is 0 Å². The van der Waals surface area contributed by atoms with Crippen molar-refractivity contribution in [2.75, 3.05) is 9.80 Å². The van der Waals surface area contributed by atoms with E-state index in [9.17, 15) is 8.78 Å². The summed E-state index contributed by atoms with van der Waals surface area (Å²) in [5.74, 6) is 0.482. The second kappa shape index (κ2) is 14.4. The molecule has 66 heavy (non-hydrogen) atoms. The number of fused-ring (bicyclic) bond motifs is 12. The van der Waals surface area contributed by atoms with Gasteiger partial charge in [-0.25, -0.2) is 8.78 Å². The van der Waals surface area contributed by atoms with Crippen LogP contribution in [0.3, 0.4) is 0 Å². The van der Waals surface area contributed by atoms with Gasteiger partial charge in [-0.1, -0.05) is 100 Å². The number of para-hydroxylation sites is 2. The van der Waals surface area contributed by atoms with Crippen molar-refractivity contribution in [1.82, 2.24) is 8.80 Å². The Bertz CT molecular complexity index is 3940. The largest absolute Gasteiger partial charge is 0.314 e. The molecular weight excluding hydrogens is 815 g/mol. The molecule has 0 fully saturated rings. The van der Waals surface area contributed by atoms with Crippen LogP contribution < -0.4 is 9.80 Å². The minimum atomic E-state index is -0.260. The van der Waals surface area contributed by atoms with Gasteiger partial charge in [-0.05, 0) is 126 Å². The number of allylic oxidation sites excluding steroid dienone is 4. The van der Waals surface area contributed by atoms with Crippen LogP contribution in [0.4, 0.5) is 37.2 Å². The van der Waals surface area contributed by atoms with Crippen LogP contribution in [0.5, 0.6) is 0 Å². The average molecular weight is 861 g/mol. The van der Waals surface area contributed by atoms with E-state index in [1.54, 1.807) is 18.2 Å². The lowest BCUT2D eigenvalue weighted by atomic mass is 10.0. The molecule has 0 saturated heterocycles. The van der Waals surface area contributed by atoms with Gasteiger partial charge in [-0.2, -0.15) is 0 Å². The highest BCUT2D eigenvalue weighted by atomic mass is 19.1. The van der Waals surface area contributed by atoms with Gasteiger partial charge in [-0.15, -0.1) is 0 Å². The molecule has 320 valence electrons. The van der Waals surface area contributed by atoms with E-state index in [1.165, 1.54) is 65.4 Å². The highest BCUT2D eigenvalue weighted by Crippen LogP contribution is 2.50. The quantitative estimate of drug-likeness (QED) is 0.151. The van der Waals surface area contributed by atoms with Gasteiger partial charge in [0.05, 0.1) is 44.5 Å². The van der Waals surface area contributed by atoms with E-state index in [0.29, 0.717) is 24.7 Å². The molecule has 0 saturated carbocycles. The second-order valence-corrected chi connectivity index (χ2v) is 18.7. The first-order valence-corrected chi connectivity index (χ1v) is 23.2. The zero-order chi connectivity index (χ0) is 44.5. The van der Waals surface area contributed by atoms with Crippen LogP contribution in [-0.2, 0) is 0 Å². The van der Waals surface area contributed by atoms with Crippen LogP contribution in [-0.4, -0.2) is 8.80 Å². The van der Waals surface area contributed by atoms with E-state index in [2.05, 4.69) is 180 Å². The average Bonchev–Trinajstić information content (AvgIpc) is 4.07. The molecule has 0 radical (unpaired) electrons. The van der Waals surface area contributed by atoms with E-state index in [-0.39, 0.29) is 11.6 Å². The maximum Gasteiger partial charge on any atom is 0.123 e. The first-order chi connectivity index (χ1) is 32.2. The maximum absolute atomic E-state index is 14.5. The summed E-state index contributed by atoms with van der Waals surface area (Å²) in [7, 11) is 0. The normalized spacial score (nSPS) is 13.6. The van der Waals surface area contributed by atoms with Crippen LogP contribution in [0.1, 0.15) is 63.5 Å². The van der Waals surface area contributed by atoms with E-state index < -0.39 is 0 Å². The third kappa shape index (κ3) is 5.54. The molecule has 6 heteroatoms. The number of nitrogens with zero attached hydrogens (tertiary/aromatic N) is 4. The predicted octanol–water partition coefficient (Wildman–Crippen LogP) is 17.5. The van der Waals surface area contributed by atoms with Crippen LogP contribution in [0.25, 0.3) is 76.2 Å². The Hall–Kier alpha value is -7.70. The van der Waals surface area contributed by atoms with Crippen molar-refractivity contribution in [3.63, 3.8) is 0 Å². The Balaban J connectivity index is 1.05. The van der Waals surface area contributed by atoms with Crippen molar-refractivity contribution in [3.05, 3.63) is 198 Å². The minimum absolute atomic E-state index is 0.0815. The lowest BCUT2D eigenvalue weighted by Crippen LogP contribution is -2.18. The van der Waals surface area contributed by atoms with Crippen molar-refractivity contribution in [2.45, 2.75) is 52.4 Å². The molecule has 0 atom stereocenters. The zero-order valence-corrected chi connectivity index (χ0v) is 37.3. The maximum atomic E-state index is 14.5. The Kier molecular flexibility index (Phi) is 8.45. The van der Waals surface area contributed by atoms with Gasteiger partial charge in [0.1, 0.15) is 11.6 Å². The van der Waals surface area contributed by atoms with Crippen LogP contribution in [0, 0.1) is 5.82 Å². The fourth-order valence-electron chi connectivity index (χ4n) is 11.2. The van der Waals surface area contributed by atoms with Gasteiger partial charge < -0.3 is 18.6 Å². The van der Waals surface area contributed by atoms with E-state index in [1.807, 2.05) is 18.2 Å². The van der Waals surface area contributed by atoms with Crippen molar-refractivity contribution >= 4 is 105 Å². The third-order valence-corrected chi connectivity index (χ3v) is 14.3. The van der Waals surface area contributed by atoms with Gasteiger partial charge in [0.15, 0.2) is 0 Å². The first-order valence-electron chi connectivity index (χ1n) is 23.2. The molecule has 4 heterocycles. The molecule has 0 aliphatic heterocycles. The molecule has 0 N–H and O–H groups in total. The first kappa shape index (κ1) is 38.7. The summed E-state index contributed by atoms with van der Waals surface area (Å²) in [5, 5.41) is 9.51. The molecule has 12 aromatic rings. The molecule has 0 spiro atoms. The fraction of sp³-hybridized carbons (Fsp3) is 0.133. The number of halogens is 2. The molecule has 0 bridgehead atoms. The van der Waals surface area contributed by atoms with Gasteiger partial charge in [0, 0.05) is 72.3 Å². The molecule has 13 rings (SSSR count). The summed E-state index contributed by atoms with van der Waals surface area (Å²) in [6, 6.07) is 56.0. The van der Waals surface area contributed by atoms with Gasteiger partial charge in [0.2, 0.25) is 0 Å². The van der Waals surface area contributed by atoms with Crippen molar-refractivity contribution in [1.29, 1.82) is 0 Å². The van der Waals surface area contributed by atoms with E-state index in [0.717, 1.165) is 56.1 Å². The Morgan fingerprint density at radius 1 is 0.424 bits per heavy atom. The summed E-state index contributed by atoms with van der Waals surface area (Å²) in [5.41, 5.74) is 15.7. The summed E-state index contributed by atoms with van der Waals surface area (Å²) in [6.07, 6.45) is 4.58. The summed E-state index contributed by atoms with van der Waals surface area (Å²) >= 11 is 0. The predicted molar refractivity (Wildman–Crippen MR) is 274 cm³/mol. The van der Waals surface area contributed by atoms with Crippen molar-refractivity contribution < 1.29 is 8.78 Å². The Labute approximate surface area is 381 Å². The number of hydrogen-bond donors (Lipinski definition) is 0. The van der Waals surface area contributed by atoms with Crippen LogP contribution >= 0.6 is 0 Å². The third-order valence-electron chi connectivity index (χ3n) is 14.3.